The van der Waals surface area contributed by atoms with Crippen molar-refractivity contribution < 1.29 is 9.53 Å². The van der Waals surface area contributed by atoms with Gasteiger partial charge >= 0.3 is 5.97 Å². The Morgan fingerprint density at radius 1 is 1.09 bits per heavy atom. The lowest BCUT2D eigenvalue weighted by molar-refractivity contribution is -0.149. The van der Waals surface area contributed by atoms with E-state index in [1.165, 1.54) is 51.4 Å². The number of nitrogens with one attached hydrogen (secondary N) is 1. The standard InChI is InChI=1S/C29H48NO2/c1-19(2)7-6-8-20(3)24-11-12-25-23-10-9-21-17-22(32-27(31)18-30)13-15-28(21,4)26(23)14-16-29(24,25)5/h9,19-20,22-26,30H,6-8,10-18H2,1-5H3/t20-,22?,23?,24-,25?,26?,28+,29-/m1/s1. The van der Waals surface area contributed by atoms with Gasteiger partial charge in [0, 0.05) is 6.42 Å². The highest BCUT2D eigenvalue weighted by Crippen LogP contribution is 2.67. The maximum Gasteiger partial charge on any atom is 0.321 e. The van der Waals surface area contributed by atoms with Crippen molar-refractivity contribution in [1.82, 2.24) is 5.73 Å². The number of allylic oxidation sites excluding steroid dienone is 1. The molecule has 4 rings (SSSR count). The van der Waals surface area contributed by atoms with E-state index < -0.39 is 0 Å². The first kappa shape index (κ1) is 24.3. The lowest BCUT2D eigenvalue weighted by Gasteiger charge is -2.58. The van der Waals surface area contributed by atoms with Crippen LogP contribution in [0.15, 0.2) is 11.6 Å². The molecule has 0 aliphatic heterocycles. The van der Waals surface area contributed by atoms with Crippen LogP contribution in [0.3, 0.4) is 0 Å². The zero-order valence-corrected chi connectivity index (χ0v) is 21.4. The Kier molecular flexibility index (Phi) is 7.16. The molecule has 4 unspecified atom stereocenters. The SMILES string of the molecule is CC(C)CCC[C@@H](C)[C@H]1CCC2C3CC=C4CC(OC(=O)C[NH])CC[C@]4(C)C3CC[C@@]21C. The molecule has 0 aromatic rings. The van der Waals surface area contributed by atoms with Crippen LogP contribution in [0.5, 0.6) is 0 Å². The summed E-state index contributed by atoms with van der Waals surface area (Å²) in [6.45, 7) is 12.2. The minimum atomic E-state index is -0.360. The number of hydrogen-bond acceptors (Lipinski definition) is 2. The Labute approximate surface area is 197 Å². The highest BCUT2D eigenvalue weighted by molar-refractivity contribution is 5.71. The van der Waals surface area contributed by atoms with E-state index in [-0.39, 0.29) is 18.6 Å². The van der Waals surface area contributed by atoms with E-state index >= 15 is 0 Å². The van der Waals surface area contributed by atoms with E-state index in [1.54, 1.807) is 5.57 Å². The van der Waals surface area contributed by atoms with Crippen LogP contribution < -0.4 is 5.73 Å². The topological polar surface area (TPSA) is 50.1 Å². The van der Waals surface area contributed by atoms with Gasteiger partial charge in [0.1, 0.15) is 12.6 Å². The number of carbonyl (C=O) groups excluding carboxylic acids is 1. The molecule has 3 saturated carbocycles. The number of fused-ring (bicyclic) bond motifs is 5. The molecule has 1 radical (unpaired) electrons. The van der Waals surface area contributed by atoms with Gasteiger partial charge in [0.25, 0.3) is 0 Å². The second kappa shape index (κ2) is 9.43. The smallest absolute Gasteiger partial charge is 0.321 e. The third-order valence-corrected chi connectivity index (χ3v) is 10.7. The molecule has 0 saturated heterocycles. The molecule has 0 bridgehead atoms. The van der Waals surface area contributed by atoms with Gasteiger partial charge in [-0.2, -0.15) is 0 Å². The van der Waals surface area contributed by atoms with E-state index in [4.69, 9.17) is 10.5 Å². The molecule has 0 amide bonds. The summed E-state index contributed by atoms with van der Waals surface area (Å²) in [7, 11) is 0. The van der Waals surface area contributed by atoms with Crippen LogP contribution in [-0.4, -0.2) is 18.6 Å². The first-order valence-electron chi connectivity index (χ1n) is 13.7. The van der Waals surface area contributed by atoms with Crippen molar-refractivity contribution in [3.63, 3.8) is 0 Å². The highest BCUT2D eigenvalue weighted by Gasteiger charge is 2.59. The molecule has 0 aromatic carbocycles. The molecule has 3 nitrogen and oxygen atoms in total. The fourth-order valence-corrected chi connectivity index (χ4v) is 8.98. The highest BCUT2D eigenvalue weighted by atomic mass is 16.5. The molecule has 32 heavy (non-hydrogen) atoms. The number of rotatable bonds is 7. The van der Waals surface area contributed by atoms with Gasteiger partial charge in [-0.3, -0.25) is 4.79 Å². The number of carbonyl (C=O) groups is 1. The lowest BCUT2D eigenvalue weighted by Crippen LogP contribution is -2.51. The van der Waals surface area contributed by atoms with Crippen LogP contribution in [0.4, 0.5) is 0 Å². The van der Waals surface area contributed by atoms with E-state index in [2.05, 4.69) is 40.7 Å². The summed E-state index contributed by atoms with van der Waals surface area (Å²) in [6, 6.07) is 0. The Morgan fingerprint density at radius 3 is 2.59 bits per heavy atom. The van der Waals surface area contributed by atoms with Crippen LogP contribution in [0.2, 0.25) is 0 Å². The first-order chi connectivity index (χ1) is 15.2. The predicted molar refractivity (Wildman–Crippen MR) is 131 cm³/mol. The monoisotopic (exact) mass is 442 g/mol. The summed E-state index contributed by atoms with van der Waals surface area (Å²) in [5.41, 5.74) is 9.67. The van der Waals surface area contributed by atoms with Gasteiger partial charge in [-0.15, -0.1) is 0 Å². The molecule has 3 fully saturated rings. The zero-order valence-electron chi connectivity index (χ0n) is 21.4. The average Bonchev–Trinajstić information content (AvgIpc) is 3.11. The van der Waals surface area contributed by atoms with Crippen molar-refractivity contribution in [3.05, 3.63) is 11.6 Å². The number of hydrogen-bond donors (Lipinski definition) is 0. The fourth-order valence-electron chi connectivity index (χ4n) is 8.98. The van der Waals surface area contributed by atoms with Crippen LogP contribution in [0, 0.1) is 46.3 Å². The summed E-state index contributed by atoms with van der Waals surface area (Å²) >= 11 is 0. The second-order valence-electron chi connectivity index (χ2n) is 12.8. The van der Waals surface area contributed by atoms with Crippen LogP contribution in [-0.2, 0) is 9.53 Å². The maximum absolute atomic E-state index is 11.7. The molecular weight excluding hydrogens is 394 g/mol. The van der Waals surface area contributed by atoms with Crippen molar-refractivity contribution in [2.24, 2.45) is 46.3 Å². The summed E-state index contributed by atoms with van der Waals surface area (Å²) in [5, 5.41) is 0. The molecule has 0 spiro atoms. The minimum absolute atomic E-state index is 0.000121. The van der Waals surface area contributed by atoms with Crippen LogP contribution in [0.1, 0.15) is 105 Å². The minimum Gasteiger partial charge on any atom is -0.461 e. The van der Waals surface area contributed by atoms with Gasteiger partial charge in [-0.1, -0.05) is 65.5 Å². The normalized spacial score (nSPS) is 42.0. The maximum atomic E-state index is 11.7. The summed E-state index contributed by atoms with van der Waals surface area (Å²) in [6.07, 6.45) is 16.7. The molecule has 0 aromatic heterocycles. The molecule has 3 heteroatoms. The van der Waals surface area contributed by atoms with Gasteiger partial charge in [0.05, 0.1) is 0 Å². The average molecular weight is 443 g/mol. The lowest BCUT2D eigenvalue weighted by atomic mass is 9.47. The summed E-state index contributed by atoms with van der Waals surface area (Å²) in [5.74, 6) is 4.81. The van der Waals surface area contributed by atoms with Crippen molar-refractivity contribution in [2.45, 2.75) is 111 Å². The van der Waals surface area contributed by atoms with Gasteiger partial charge < -0.3 is 4.74 Å². The zero-order chi connectivity index (χ0) is 23.1. The van der Waals surface area contributed by atoms with E-state index in [1.807, 2.05) is 0 Å². The molecule has 4 aliphatic rings. The van der Waals surface area contributed by atoms with Gasteiger partial charge in [-0.05, 0) is 91.3 Å². The van der Waals surface area contributed by atoms with Gasteiger partial charge in [-0.25, -0.2) is 5.73 Å². The Hall–Kier alpha value is -0.830. The summed E-state index contributed by atoms with van der Waals surface area (Å²) in [4.78, 5) is 11.7. The molecule has 8 atom stereocenters. The van der Waals surface area contributed by atoms with Crippen molar-refractivity contribution >= 4 is 5.97 Å². The molecule has 0 heterocycles. The van der Waals surface area contributed by atoms with Crippen molar-refractivity contribution in [2.75, 3.05) is 6.54 Å². The van der Waals surface area contributed by atoms with Gasteiger partial charge in [0.15, 0.2) is 0 Å². The number of esters is 1. The molecular formula is C29H48NO2. The van der Waals surface area contributed by atoms with E-state index in [0.29, 0.717) is 10.8 Å². The Balaban J connectivity index is 1.45. The molecule has 1 N–H and O–H groups in total. The van der Waals surface area contributed by atoms with E-state index in [0.717, 1.165) is 54.8 Å². The third-order valence-electron chi connectivity index (χ3n) is 10.7. The fraction of sp³-hybridized carbons (Fsp3) is 0.897. The van der Waals surface area contributed by atoms with Crippen LogP contribution >= 0.6 is 0 Å². The van der Waals surface area contributed by atoms with E-state index in [9.17, 15) is 4.79 Å². The second-order valence-corrected chi connectivity index (χ2v) is 12.8. The third kappa shape index (κ3) is 4.32. The summed E-state index contributed by atoms with van der Waals surface area (Å²) < 4.78 is 5.58. The molecule has 181 valence electrons. The Morgan fingerprint density at radius 2 is 1.88 bits per heavy atom. The van der Waals surface area contributed by atoms with Crippen molar-refractivity contribution in [3.8, 4) is 0 Å². The first-order valence-corrected chi connectivity index (χ1v) is 13.7. The predicted octanol–water partition coefficient (Wildman–Crippen LogP) is 7.22. The van der Waals surface area contributed by atoms with Crippen molar-refractivity contribution in [1.29, 1.82) is 0 Å². The quantitative estimate of drug-likeness (QED) is 0.308. The Bertz CT molecular complexity index is 714. The largest absolute Gasteiger partial charge is 0.461 e. The van der Waals surface area contributed by atoms with Gasteiger partial charge in [0.2, 0.25) is 0 Å². The van der Waals surface area contributed by atoms with Crippen LogP contribution in [0.25, 0.3) is 0 Å². The number of ether oxygens (including phenoxy) is 1. The molecule has 4 aliphatic carbocycles.